The molecule has 0 fully saturated rings. The molecule has 43 heavy (non-hydrogen) atoms. The van der Waals surface area contributed by atoms with Crippen LogP contribution in [0.2, 0.25) is 0 Å². The predicted octanol–water partition coefficient (Wildman–Crippen LogP) is 6.20. The van der Waals surface area contributed by atoms with Crippen LogP contribution in [0.15, 0.2) is 113 Å². The molecule has 5 aromatic rings. The van der Waals surface area contributed by atoms with Gasteiger partial charge in [-0.1, -0.05) is 104 Å². The lowest BCUT2D eigenvalue weighted by atomic mass is 9.91. The molecule has 3 aromatic carbocycles. The first-order valence-electron chi connectivity index (χ1n) is 14.5. The monoisotopic (exact) mass is 587 g/mol. The third-order valence-corrected chi connectivity index (χ3v) is 8.71. The van der Waals surface area contributed by atoms with Crippen molar-refractivity contribution in [1.29, 1.82) is 0 Å². The van der Waals surface area contributed by atoms with Gasteiger partial charge in [-0.3, -0.25) is 9.36 Å². The Bertz CT molecular complexity index is 2040. The molecule has 1 atom stereocenters. The number of hydrogen-bond acceptors (Lipinski definition) is 5. The second kappa shape index (κ2) is 11.9. The number of esters is 1. The fraction of sp³-hybridized carbons (Fsp3) is 0.194. The van der Waals surface area contributed by atoms with E-state index in [0.717, 1.165) is 27.6 Å². The SMILES string of the molecule is C=CCn1cc(/C=c2/sc3n(c2=O)C(c2ccc(C(C)C)cc2)C(C(=O)OCC)=C(c2ccccc2)N=3)c2ccccc21. The maximum atomic E-state index is 14.3. The van der Waals surface area contributed by atoms with Crippen LogP contribution in [-0.2, 0) is 16.1 Å². The molecule has 0 radical (unpaired) electrons. The zero-order chi connectivity index (χ0) is 30.1. The Morgan fingerprint density at radius 3 is 2.47 bits per heavy atom. The number of benzene rings is 3. The lowest BCUT2D eigenvalue weighted by Gasteiger charge is -2.26. The number of carbonyl (C=O) groups excluding carboxylic acids is 1. The molecule has 0 N–H and O–H groups in total. The highest BCUT2D eigenvalue weighted by atomic mass is 32.1. The molecule has 0 aliphatic carbocycles. The minimum atomic E-state index is -0.698. The lowest BCUT2D eigenvalue weighted by molar-refractivity contribution is -0.138. The van der Waals surface area contributed by atoms with Crippen molar-refractivity contribution >= 4 is 40.0 Å². The number of ether oxygens (including phenoxy) is 1. The summed E-state index contributed by atoms with van der Waals surface area (Å²) in [5, 5.41) is 1.05. The number of hydrogen-bond donors (Lipinski definition) is 0. The molecule has 6 rings (SSSR count). The highest BCUT2D eigenvalue weighted by molar-refractivity contribution is 7.07. The molecular formula is C36H33N3O3S. The smallest absolute Gasteiger partial charge is 0.338 e. The van der Waals surface area contributed by atoms with Crippen molar-refractivity contribution in [2.24, 2.45) is 4.99 Å². The molecule has 216 valence electrons. The summed E-state index contributed by atoms with van der Waals surface area (Å²) in [5.41, 5.74) is 5.48. The summed E-state index contributed by atoms with van der Waals surface area (Å²) in [6.07, 6.45) is 5.84. The molecule has 7 heteroatoms. The van der Waals surface area contributed by atoms with Gasteiger partial charge in [0.1, 0.15) is 0 Å². The Hall–Kier alpha value is -4.75. The van der Waals surface area contributed by atoms with E-state index in [1.807, 2.05) is 72.9 Å². The van der Waals surface area contributed by atoms with Crippen molar-refractivity contribution in [1.82, 2.24) is 9.13 Å². The van der Waals surface area contributed by atoms with Gasteiger partial charge in [-0.15, -0.1) is 6.58 Å². The molecule has 0 saturated carbocycles. The first-order valence-corrected chi connectivity index (χ1v) is 15.3. The topological polar surface area (TPSA) is 65.6 Å². The predicted molar refractivity (Wildman–Crippen MR) is 174 cm³/mol. The maximum Gasteiger partial charge on any atom is 0.338 e. The third-order valence-electron chi connectivity index (χ3n) is 7.72. The van der Waals surface area contributed by atoms with E-state index in [4.69, 9.17) is 9.73 Å². The summed E-state index contributed by atoms with van der Waals surface area (Å²) in [4.78, 5) is 33.5. The number of para-hydroxylation sites is 1. The van der Waals surface area contributed by atoms with Crippen LogP contribution in [0.1, 0.15) is 55.0 Å². The van der Waals surface area contributed by atoms with Gasteiger partial charge in [0, 0.05) is 34.8 Å². The average Bonchev–Trinajstić information content (AvgIpc) is 3.53. The average molecular weight is 588 g/mol. The van der Waals surface area contributed by atoms with Gasteiger partial charge in [-0.05, 0) is 36.1 Å². The zero-order valence-corrected chi connectivity index (χ0v) is 25.3. The first kappa shape index (κ1) is 28.4. The molecule has 1 aliphatic heterocycles. The quantitative estimate of drug-likeness (QED) is 0.160. The molecule has 2 aromatic heterocycles. The Kier molecular flexibility index (Phi) is 7.82. The van der Waals surface area contributed by atoms with Crippen molar-refractivity contribution in [2.45, 2.75) is 39.3 Å². The number of rotatable bonds is 8. The highest BCUT2D eigenvalue weighted by Crippen LogP contribution is 2.35. The van der Waals surface area contributed by atoms with E-state index in [0.29, 0.717) is 33.1 Å². The van der Waals surface area contributed by atoms with Crippen molar-refractivity contribution < 1.29 is 9.53 Å². The van der Waals surface area contributed by atoms with Crippen molar-refractivity contribution in [2.75, 3.05) is 6.61 Å². The van der Waals surface area contributed by atoms with Crippen molar-refractivity contribution in [3.63, 3.8) is 0 Å². The number of carbonyl (C=O) groups is 1. The molecule has 0 amide bonds. The van der Waals surface area contributed by atoms with Crippen LogP contribution in [0.3, 0.4) is 0 Å². The van der Waals surface area contributed by atoms with Crippen LogP contribution in [-0.4, -0.2) is 21.7 Å². The maximum absolute atomic E-state index is 14.3. The minimum absolute atomic E-state index is 0.198. The van der Waals surface area contributed by atoms with Gasteiger partial charge in [0.2, 0.25) is 0 Å². The summed E-state index contributed by atoms with van der Waals surface area (Å²) in [6, 6.07) is 25.2. The van der Waals surface area contributed by atoms with Crippen LogP contribution in [0.5, 0.6) is 0 Å². The van der Waals surface area contributed by atoms with Crippen molar-refractivity contribution in [3.8, 4) is 0 Å². The second-order valence-corrected chi connectivity index (χ2v) is 11.8. The van der Waals surface area contributed by atoms with Gasteiger partial charge in [-0.2, -0.15) is 0 Å². The summed E-state index contributed by atoms with van der Waals surface area (Å²) < 4.78 is 9.91. The van der Waals surface area contributed by atoms with Crippen LogP contribution in [0.4, 0.5) is 0 Å². The van der Waals surface area contributed by atoms with E-state index >= 15 is 0 Å². The molecule has 0 bridgehead atoms. The van der Waals surface area contributed by atoms with Gasteiger partial charge in [0.25, 0.3) is 5.56 Å². The van der Waals surface area contributed by atoms with E-state index in [1.54, 1.807) is 11.5 Å². The number of aromatic nitrogens is 2. The molecule has 1 aliphatic rings. The summed E-state index contributed by atoms with van der Waals surface area (Å²) in [6.45, 7) is 10.8. The summed E-state index contributed by atoms with van der Waals surface area (Å²) >= 11 is 1.33. The Morgan fingerprint density at radius 2 is 1.77 bits per heavy atom. The Balaban J connectivity index is 1.63. The molecule has 1 unspecified atom stereocenters. The Labute approximate surface area is 254 Å². The number of fused-ring (bicyclic) bond motifs is 2. The van der Waals surface area contributed by atoms with E-state index in [9.17, 15) is 9.59 Å². The van der Waals surface area contributed by atoms with Crippen molar-refractivity contribution in [3.05, 3.63) is 145 Å². The van der Waals surface area contributed by atoms with Crippen LogP contribution in [0, 0.1) is 0 Å². The fourth-order valence-corrected chi connectivity index (χ4v) is 6.63. The highest BCUT2D eigenvalue weighted by Gasteiger charge is 2.35. The van der Waals surface area contributed by atoms with E-state index in [-0.39, 0.29) is 12.2 Å². The summed E-state index contributed by atoms with van der Waals surface area (Å²) in [5.74, 6) is -0.135. The van der Waals surface area contributed by atoms with Gasteiger partial charge < -0.3 is 9.30 Å². The third kappa shape index (κ3) is 5.21. The van der Waals surface area contributed by atoms with Crippen LogP contribution in [0.25, 0.3) is 22.7 Å². The van der Waals surface area contributed by atoms with Gasteiger partial charge >= 0.3 is 5.97 Å². The normalized spacial score (nSPS) is 15.1. The summed E-state index contributed by atoms with van der Waals surface area (Å²) in [7, 11) is 0. The van der Waals surface area contributed by atoms with E-state index in [1.165, 1.54) is 16.9 Å². The Morgan fingerprint density at radius 1 is 1.05 bits per heavy atom. The number of thiazole rings is 1. The minimum Gasteiger partial charge on any atom is -0.463 e. The van der Waals surface area contributed by atoms with Gasteiger partial charge in [0.15, 0.2) is 4.80 Å². The van der Waals surface area contributed by atoms with Gasteiger partial charge in [-0.25, -0.2) is 9.79 Å². The van der Waals surface area contributed by atoms with E-state index in [2.05, 4.69) is 49.3 Å². The van der Waals surface area contributed by atoms with Crippen LogP contribution < -0.4 is 14.9 Å². The van der Waals surface area contributed by atoms with E-state index < -0.39 is 12.0 Å². The molecule has 0 spiro atoms. The molecular weight excluding hydrogens is 554 g/mol. The van der Waals surface area contributed by atoms with Crippen LogP contribution >= 0.6 is 11.3 Å². The molecule has 3 heterocycles. The second-order valence-electron chi connectivity index (χ2n) is 10.8. The standard InChI is InChI=1S/C36H33N3O3S/c1-5-20-38-22-27(28-14-10-11-15-29(28)38)21-30-34(40)39-33(26-18-16-24(17-19-26)23(3)4)31(35(41)42-6-2)32(37-36(39)43-30)25-12-8-7-9-13-25/h5,7-19,21-23,33H,1,6,20H2,2-4H3/b30-21+. The molecule has 6 nitrogen and oxygen atoms in total. The van der Waals surface area contributed by atoms with Gasteiger partial charge in [0.05, 0.1) is 28.5 Å². The lowest BCUT2D eigenvalue weighted by Crippen LogP contribution is -2.40. The fourth-order valence-electron chi connectivity index (χ4n) is 5.64. The zero-order valence-electron chi connectivity index (χ0n) is 24.5. The number of nitrogens with zero attached hydrogens (tertiary/aromatic N) is 3. The number of allylic oxidation sites excluding steroid dienone is 1. The largest absolute Gasteiger partial charge is 0.463 e. The molecule has 0 saturated heterocycles. The first-order chi connectivity index (χ1) is 20.9.